The van der Waals surface area contributed by atoms with Gasteiger partial charge >= 0.3 is 6.09 Å². The topological polar surface area (TPSA) is 91.3 Å². The highest BCUT2D eigenvalue weighted by atomic mass is 16.6. The van der Waals surface area contributed by atoms with Gasteiger partial charge in [0, 0.05) is 18.3 Å². The average Bonchev–Trinajstić information content (AvgIpc) is 3.71. The summed E-state index contributed by atoms with van der Waals surface area (Å²) in [7, 11) is 0. The molecule has 0 saturated heterocycles. The first-order chi connectivity index (χ1) is 16.3. The van der Waals surface area contributed by atoms with E-state index in [2.05, 4.69) is 22.2 Å². The molecule has 0 aliphatic heterocycles. The molecule has 2 aromatic rings. The van der Waals surface area contributed by atoms with Gasteiger partial charge in [-0.2, -0.15) is 9.78 Å². The maximum absolute atomic E-state index is 11.8. The van der Waals surface area contributed by atoms with Crippen LogP contribution in [-0.2, 0) is 4.74 Å². The summed E-state index contributed by atoms with van der Waals surface area (Å²) in [5.41, 5.74) is -0.524. The van der Waals surface area contributed by atoms with Crippen molar-refractivity contribution in [3.05, 3.63) is 24.5 Å². The number of carbonyl (C=O) groups is 1. The number of aromatic amines is 1. The van der Waals surface area contributed by atoms with Gasteiger partial charge in [-0.05, 0) is 95.3 Å². The Bertz CT molecular complexity index is 880. The summed E-state index contributed by atoms with van der Waals surface area (Å²) in [5.74, 6) is 5.45. The van der Waals surface area contributed by atoms with Gasteiger partial charge in [-0.1, -0.05) is 6.92 Å². The molecule has 1 unspecified atom stereocenters. The molecule has 188 valence electrons. The van der Waals surface area contributed by atoms with E-state index in [0.717, 1.165) is 42.6 Å². The molecule has 8 nitrogen and oxygen atoms in total. The van der Waals surface area contributed by atoms with Crippen LogP contribution in [0.1, 0.15) is 72.6 Å². The van der Waals surface area contributed by atoms with E-state index >= 15 is 0 Å². The Morgan fingerprint density at radius 1 is 1.06 bits per heavy atom. The van der Waals surface area contributed by atoms with Crippen molar-refractivity contribution in [2.24, 2.45) is 29.6 Å². The molecule has 5 rings (SSSR count). The summed E-state index contributed by atoms with van der Waals surface area (Å²) >= 11 is 0. The molecule has 0 bridgehead atoms. The Hall–Kier alpha value is -2.51. The fraction of sp³-hybridized carbons (Fsp3) is 0.731. The van der Waals surface area contributed by atoms with E-state index in [4.69, 9.17) is 14.2 Å². The SMILES string of the molecule is CCC(COc1ccn(C(=O)OC(C)(C)C)n1)C1CC1.c1cc(OCC(C2CC2)C2CC2)[nH]n1. The Balaban J connectivity index is 0.000000170. The maximum Gasteiger partial charge on any atom is 0.435 e. The Morgan fingerprint density at radius 2 is 1.74 bits per heavy atom. The predicted octanol–water partition coefficient (Wildman–Crippen LogP) is 5.71. The highest BCUT2D eigenvalue weighted by Crippen LogP contribution is 2.49. The number of hydrogen-bond acceptors (Lipinski definition) is 6. The van der Waals surface area contributed by atoms with Gasteiger partial charge in [0.05, 0.1) is 19.4 Å². The third-order valence-electron chi connectivity index (χ3n) is 6.76. The summed E-state index contributed by atoms with van der Waals surface area (Å²) in [6, 6.07) is 3.58. The van der Waals surface area contributed by atoms with Crippen molar-refractivity contribution in [3.63, 3.8) is 0 Å². The second-order valence-electron chi connectivity index (χ2n) is 11.0. The Morgan fingerprint density at radius 3 is 2.26 bits per heavy atom. The van der Waals surface area contributed by atoms with E-state index in [-0.39, 0.29) is 0 Å². The van der Waals surface area contributed by atoms with E-state index in [1.54, 1.807) is 18.5 Å². The first-order valence-corrected chi connectivity index (χ1v) is 12.9. The molecule has 3 saturated carbocycles. The van der Waals surface area contributed by atoms with Gasteiger partial charge < -0.3 is 14.2 Å². The molecular weight excluding hydrogens is 432 g/mol. The van der Waals surface area contributed by atoms with Crippen LogP contribution >= 0.6 is 0 Å². The third-order valence-corrected chi connectivity index (χ3v) is 6.76. The van der Waals surface area contributed by atoms with E-state index in [9.17, 15) is 4.79 Å². The minimum absolute atomic E-state index is 0.481. The molecule has 0 spiro atoms. The minimum Gasteiger partial charge on any atom is -0.478 e. The van der Waals surface area contributed by atoms with Gasteiger partial charge in [-0.3, -0.25) is 0 Å². The van der Waals surface area contributed by atoms with Crippen molar-refractivity contribution in [3.8, 4) is 11.8 Å². The summed E-state index contributed by atoms with van der Waals surface area (Å²) < 4.78 is 17.8. The van der Waals surface area contributed by atoms with E-state index in [0.29, 0.717) is 18.4 Å². The first-order valence-electron chi connectivity index (χ1n) is 12.9. The molecule has 0 amide bonds. The summed E-state index contributed by atoms with van der Waals surface area (Å²) in [6.07, 6.45) is 12.3. The molecule has 34 heavy (non-hydrogen) atoms. The lowest BCUT2D eigenvalue weighted by Gasteiger charge is -2.18. The quantitative estimate of drug-likeness (QED) is 0.476. The maximum atomic E-state index is 11.8. The molecule has 8 heteroatoms. The number of ether oxygens (including phenoxy) is 3. The largest absolute Gasteiger partial charge is 0.478 e. The lowest BCUT2D eigenvalue weighted by Crippen LogP contribution is -2.27. The van der Waals surface area contributed by atoms with Gasteiger partial charge in [0.2, 0.25) is 11.8 Å². The van der Waals surface area contributed by atoms with Crippen LogP contribution in [0.15, 0.2) is 24.5 Å². The zero-order valence-electron chi connectivity index (χ0n) is 21.0. The molecule has 3 aliphatic carbocycles. The van der Waals surface area contributed by atoms with Crippen LogP contribution in [0.5, 0.6) is 11.8 Å². The molecule has 1 N–H and O–H groups in total. The standard InChI is InChI=1S/C15H24N2O3.C11H16N2O/c1-5-11(12-6-7-12)10-19-13-8-9-17(16-13)14(18)20-15(2,3)4;1-2-8(1)10(9-3-4-9)7-14-11-5-6-12-13-11/h8-9,11-12H,5-7,10H2,1-4H3;5-6,8-10H,1-4,7H2,(H,12,13). The van der Waals surface area contributed by atoms with Crippen LogP contribution in [0.4, 0.5) is 4.79 Å². The van der Waals surface area contributed by atoms with E-state index in [1.807, 2.05) is 26.8 Å². The number of nitrogens with zero attached hydrogens (tertiary/aromatic N) is 3. The minimum atomic E-state index is -0.524. The number of carbonyl (C=O) groups excluding carboxylic acids is 1. The van der Waals surface area contributed by atoms with Crippen molar-refractivity contribution >= 4 is 6.09 Å². The van der Waals surface area contributed by atoms with E-state index < -0.39 is 11.7 Å². The fourth-order valence-electron chi connectivity index (χ4n) is 4.36. The molecule has 3 aliphatic rings. The van der Waals surface area contributed by atoms with E-state index in [1.165, 1.54) is 43.2 Å². The van der Waals surface area contributed by atoms with Crippen LogP contribution in [0.3, 0.4) is 0 Å². The molecular formula is C26H40N4O4. The third kappa shape index (κ3) is 7.77. The molecule has 0 radical (unpaired) electrons. The highest BCUT2D eigenvalue weighted by Gasteiger charge is 2.41. The molecule has 2 aromatic heterocycles. The van der Waals surface area contributed by atoms with Crippen molar-refractivity contribution < 1.29 is 19.0 Å². The monoisotopic (exact) mass is 472 g/mol. The number of rotatable bonds is 10. The summed E-state index contributed by atoms with van der Waals surface area (Å²) in [4.78, 5) is 11.8. The zero-order valence-corrected chi connectivity index (χ0v) is 21.0. The van der Waals surface area contributed by atoms with Crippen LogP contribution in [-0.4, -0.2) is 44.9 Å². The van der Waals surface area contributed by atoms with Crippen molar-refractivity contribution in [1.82, 2.24) is 20.0 Å². The second-order valence-corrected chi connectivity index (χ2v) is 11.0. The van der Waals surface area contributed by atoms with Gasteiger partial charge in [0.1, 0.15) is 5.60 Å². The number of aromatic nitrogens is 4. The van der Waals surface area contributed by atoms with Crippen LogP contribution in [0.25, 0.3) is 0 Å². The van der Waals surface area contributed by atoms with Gasteiger partial charge in [-0.25, -0.2) is 9.89 Å². The lowest BCUT2D eigenvalue weighted by atomic mass is 9.99. The van der Waals surface area contributed by atoms with Crippen molar-refractivity contribution in [2.45, 2.75) is 78.2 Å². The summed E-state index contributed by atoms with van der Waals surface area (Å²) in [6.45, 7) is 9.23. The van der Waals surface area contributed by atoms with Crippen LogP contribution < -0.4 is 9.47 Å². The molecule has 1 atom stereocenters. The number of H-pyrrole nitrogens is 1. The van der Waals surface area contributed by atoms with Gasteiger partial charge in [-0.15, -0.1) is 5.10 Å². The molecule has 0 aromatic carbocycles. The zero-order chi connectivity index (χ0) is 24.1. The highest BCUT2D eigenvalue weighted by molar-refractivity contribution is 5.69. The number of hydrogen-bond donors (Lipinski definition) is 1. The van der Waals surface area contributed by atoms with Crippen molar-refractivity contribution in [1.29, 1.82) is 0 Å². The van der Waals surface area contributed by atoms with Crippen LogP contribution in [0.2, 0.25) is 0 Å². The van der Waals surface area contributed by atoms with Gasteiger partial charge in [0.25, 0.3) is 0 Å². The fourth-order valence-corrected chi connectivity index (χ4v) is 4.36. The average molecular weight is 473 g/mol. The number of nitrogens with one attached hydrogen (secondary N) is 1. The van der Waals surface area contributed by atoms with Gasteiger partial charge in [0.15, 0.2) is 0 Å². The normalized spacial score (nSPS) is 18.7. The smallest absolute Gasteiger partial charge is 0.435 e. The lowest BCUT2D eigenvalue weighted by molar-refractivity contribution is 0.0511. The first kappa shape index (κ1) is 24.6. The Labute approximate surface area is 202 Å². The molecule has 3 fully saturated rings. The predicted molar refractivity (Wildman–Crippen MR) is 129 cm³/mol. The summed E-state index contributed by atoms with van der Waals surface area (Å²) in [5, 5.41) is 10.8. The van der Waals surface area contributed by atoms with Crippen LogP contribution in [0, 0.1) is 29.6 Å². The Kier molecular flexibility index (Phi) is 7.84. The van der Waals surface area contributed by atoms with Crippen molar-refractivity contribution in [2.75, 3.05) is 13.2 Å². The molecule has 2 heterocycles. The second kappa shape index (κ2) is 10.8.